The lowest BCUT2D eigenvalue weighted by Crippen LogP contribution is -1.86. The van der Waals surface area contributed by atoms with Gasteiger partial charge in [-0.05, 0) is 103 Å². The second-order valence-corrected chi connectivity index (χ2v) is 8.08. The fraction of sp³-hybridized carbons (Fsp3) is 0.0323. The maximum Gasteiger partial charge on any atom is 0.127 e. The molecule has 5 nitrogen and oxygen atoms in total. The molecule has 0 saturated carbocycles. The molecule has 0 spiro atoms. The molecule has 5 heteroatoms. The predicted octanol–water partition coefficient (Wildman–Crippen LogP) is 8.05. The van der Waals surface area contributed by atoms with Gasteiger partial charge in [-0.2, -0.15) is 0 Å². The Morgan fingerprint density at radius 1 is 0.361 bits per heavy atom. The summed E-state index contributed by atoms with van der Waals surface area (Å²) in [6.07, 6.45) is 0. The van der Waals surface area contributed by atoms with Crippen LogP contribution in [0.5, 0.6) is 40.2 Å². The summed E-state index contributed by atoms with van der Waals surface area (Å²) in [5.74, 6) is 3.67. The highest BCUT2D eigenvalue weighted by molar-refractivity contribution is 5.64. The molecule has 0 aliphatic rings. The topological polar surface area (TPSA) is 79.2 Å². The van der Waals surface area contributed by atoms with Gasteiger partial charge in [0.25, 0.3) is 0 Å². The summed E-state index contributed by atoms with van der Waals surface area (Å²) in [5, 5.41) is 27.5. The lowest BCUT2D eigenvalue weighted by Gasteiger charge is -2.08. The molecule has 0 aliphatic heterocycles. The van der Waals surface area contributed by atoms with Crippen molar-refractivity contribution in [3.63, 3.8) is 0 Å². The van der Waals surface area contributed by atoms with Gasteiger partial charge in [0, 0.05) is 0 Å². The number of ether oxygens (including phenoxy) is 2. The monoisotopic (exact) mass is 478 g/mol. The van der Waals surface area contributed by atoms with E-state index in [1.54, 1.807) is 48.5 Å². The molecule has 0 aromatic heterocycles. The molecule has 5 rings (SSSR count). The minimum atomic E-state index is 0.217. The average molecular weight is 479 g/mol. The quantitative estimate of drug-likeness (QED) is 0.238. The van der Waals surface area contributed by atoms with Crippen molar-refractivity contribution in [1.29, 1.82) is 0 Å². The SMILES string of the molecule is Cc1ccc(Oc2ccc(Oc3ccc(O)cc3)cc2)cc1.Oc1ccc(-c2ccc(O)cc2)cc1. The first-order valence-corrected chi connectivity index (χ1v) is 11.3. The fourth-order valence-corrected chi connectivity index (χ4v) is 3.28. The van der Waals surface area contributed by atoms with E-state index in [4.69, 9.17) is 19.7 Å². The number of aromatic hydroxyl groups is 3. The standard InChI is InChI=1S/C19H16O3.C12H10O2/c1-14-2-6-16(7-3-14)21-18-10-12-19(13-11-18)22-17-8-4-15(20)5-9-17;13-11-5-1-9(2-6-11)10-3-7-12(14)8-4-10/h2-13,20H,1H3;1-8,13-14H. The normalized spacial score (nSPS) is 10.1. The molecule has 3 N–H and O–H groups in total. The van der Waals surface area contributed by atoms with Crippen LogP contribution in [-0.2, 0) is 0 Å². The highest BCUT2D eigenvalue weighted by Crippen LogP contribution is 2.28. The number of hydrogen-bond acceptors (Lipinski definition) is 5. The van der Waals surface area contributed by atoms with Crippen LogP contribution in [0.25, 0.3) is 11.1 Å². The van der Waals surface area contributed by atoms with E-state index in [9.17, 15) is 5.11 Å². The van der Waals surface area contributed by atoms with Crippen LogP contribution in [0.1, 0.15) is 5.56 Å². The highest BCUT2D eigenvalue weighted by Gasteiger charge is 2.01. The zero-order valence-corrected chi connectivity index (χ0v) is 19.7. The summed E-state index contributed by atoms with van der Waals surface area (Å²) in [4.78, 5) is 0. The van der Waals surface area contributed by atoms with Crippen LogP contribution < -0.4 is 9.47 Å². The van der Waals surface area contributed by atoms with E-state index in [1.165, 1.54) is 5.56 Å². The van der Waals surface area contributed by atoms with Gasteiger partial charge < -0.3 is 24.8 Å². The van der Waals surface area contributed by atoms with Crippen LogP contribution >= 0.6 is 0 Å². The van der Waals surface area contributed by atoms with Crippen molar-refractivity contribution in [1.82, 2.24) is 0 Å². The number of hydrogen-bond donors (Lipinski definition) is 3. The number of phenolic OH excluding ortho intramolecular Hbond substituents is 3. The molecule has 5 aromatic rings. The van der Waals surface area contributed by atoms with Gasteiger partial charge >= 0.3 is 0 Å². The highest BCUT2D eigenvalue weighted by atomic mass is 16.5. The summed E-state index contributed by atoms with van der Waals surface area (Å²) in [5.41, 5.74) is 3.23. The third-order valence-electron chi connectivity index (χ3n) is 5.22. The van der Waals surface area contributed by atoms with Crippen LogP contribution in [0.2, 0.25) is 0 Å². The van der Waals surface area contributed by atoms with Gasteiger partial charge in [0.05, 0.1) is 0 Å². The van der Waals surface area contributed by atoms with E-state index in [0.29, 0.717) is 11.5 Å². The van der Waals surface area contributed by atoms with E-state index < -0.39 is 0 Å². The summed E-state index contributed by atoms with van der Waals surface area (Å²) in [6.45, 7) is 2.04. The molecule has 180 valence electrons. The molecule has 36 heavy (non-hydrogen) atoms. The average Bonchev–Trinajstić information content (AvgIpc) is 2.89. The van der Waals surface area contributed by atoms with Crippen LogP contribution in [0, 0.1) is 6.92 Å². The van der Waals surface area contributed by atoms with Gasteiger partial charge in [-0.25, -0.2) is 0 Å². The van der Waals surface area contributed by atoms with Crippen molar-refractivity contribution in [2.24, 2.45) is 0 Å². The molecule has 0 aliphatic carbocycles. The molecule has 5 aromatic carbocycles. The Bertz CT molecular complexity index is 1250. The smallest absolute Gasteiger partial charge is 0.127 e. The molecule has 0 saturated heterocycles. The molecule has 0 amide bonds. The molecule has 0 fully saturated rings. The molecule has 0 heterocycles. The lowest BCUT2D eigenvalue weighted by atomic mass is 10.1. The number of phenols is 3. The number of aryl methyl sites for hydroxylation is 1. The molecular weight excluding hydrogens is 452 g/mol. The Balaban J connectivity index is 0.000000187. The van der Waals surface area contributed by atoms with Gasteiger partial charge in [-0.3, -0.25) is 0 Å². The number of rotatable bonds is 5. The molecular formula is C31H26O5. The first kappa shape index (κ1) is 24.2. The van der Waals surface area contributed by atoms with Gasteiger partial charge in [0.2, 0.25) is 0 Å². The van der Waals surface area contributed by atoms with Crippen molar-refractivity contribution in [3.05, 3.63) is 127 Å². The second-order valence-electron chi connectivity index (χ2n) is 8.08. The van der Waals surface area contributed by atoms with Crippen LogP contribution in [0.4, 0.5) is 0 Å². The van der Waals surface area contributed by atoms with E-state index in [-0.39, 0.29) is 17.2 Å². The van der Waals surface area contributed by atoms with E-state index >= 15 is 0 Å². The zero-order chi connectivity index (χ0) is 25.3. The molecule has 0 radical (unpaired) electrons. The Morgan fingerprint density at radius 3 is 0.944 bits per heavy atom. The van der Waals surface area contributed by atoms with Crippen molar-refractivity contribution in [2.45, 2.75) is 6.92 Å². The lowest BCUT2D eigenvalue weighted by molar-refractivity contribution is 0.461. The van der Waals surface area contributed by atoms with Gasteiger partial charge in [0.1, 0.15) is 40.2 Å². The zero-order valence-electron chi connectivity index (χ0n) is 19.7. The number of benzene rings is 5. The van der Waals surface area contributed by atoms with Crippen molar-refractivity contribution < 1.29 is 24.8 Å². The van der Waals surface area contributed by atoms with Crippen molar-refractivity contribution in [2.75, 3.05) is 0 Å². The predicted molar refractivity (Wildman–Crippen MR) is 141 cm³/mol. The maximum absolute atomic E-state index is 9.24. The Morgan fingerprint density at radius 2 is 0.611 bits per heavy atom. The van der Waals surface area contributed by atoms with Crippen molar-refractivity contribution in [3.8, 4) is 51.4 Å². The Kier molecular flexibility index (Phi) is 7.73. The Hall–Kier alpha value is -4.90. The maximum atomic E-state index is 9.24. The fourth-order valence-electron chi connectivity index (χ4n) is 3.28. The third-order valence-corrected chi connectivity index (χ3v) is 5.22. The summed E-state index contributed by atoms with van der Waals surface area (Å²) >= 11 is 0. The van der Waals surface area contributed by atoms with Crippen LogP contribution in [0.15, 0.2) is 121 Å². The summed E-state index contributed by atoms with van der Waals surface area (Å²) in [7, 11) is 0. The Labute approximate surface area is 210 Å². The second kappa shape index (κ2) is 11.5. The molecule has 0 unspecified atom stereocenters. The van der Waals surface area contributed by atoms with Crippen LogP contribution in [-0.4, -0.2) is 15.3 Å². The minimum Gasteiger partial charge on any atom is -0.508 e. The first-order chi connectivity index (χ1) is 17.4. The van der Waals surface area contributed by atoms with E-state index in [2.05, 4.69) is 0 Å². The molecule has 0 bridgehead atoms. The van der Waals surface area contributed by atoms with Gasteiger partial charge in [-0.15, -0.1) is 0 Å². The summed E-state index contributed by atoms with van der Waals surface area (Å²) in [6, 6.07) is 35.8. The van der Waals surface area contributed by atoms with Gasteiger partial charge in [-0.1, -0.05) is 42.0 Å². The van der Waals surface area contributed by atoms with E-state index in [1.807, 2.05) is 79.7 Å². The largest absolute Gasteiger partial charge is 0.508 e. The summed E-state index contributed by atoms with van der Waals surface area (Å²) < 4.78 is 11.5. The van der Waals surface area contributed by atoms with Gasteiger partial charge in [0.15, 0.2) is 0 Å². The first-order valence-electron chi connectivity index (χ1n) is 11.3. The van der Waals surface area contributed by atoms with Crippen LogP contribution in [0.3, 0.4) is 0 Å². The minimum absolute atomic E-state index is 0.217. The molecule has 0 atom stereocenters. The van der Waals surface area contributed by atoms with E-state index in [0.717, 1.165) is 22.6 Å². The van der Waals surface area contributed by atoms with Crippen molar-refractivity contribution >= 4 is 0 Å². The third kappa shape index (κ3) is 7.05.